The second-order valence-electron chi connectivity index (χ2n) is 9.79. The Bertz CT molecular complexity index is 923. The average Bonchev–Trinajstić information content (AvgIpc) is 2.80. The molecule has 0 unspecified atom stereocenters. The molecule has 0 aliphatic carbocycles. The van der Waals surface area contributed by atoms with Crippen molar-refractivity contribution in [3.8, 4) is 0 Å². The lowest BCUT2D eigenvalue weighted by Gasteiger charge is -2.27. The minimum atomic E-state index is -1.76. The summed E-state index contributed by atoms with van der Waals surface area (Å²) in [6, 6.07) is -7.27. The van der Waals surface area contributed by atoms with Crippen molar-refractivity contribution in [2.75, 3.05) is 0 Å². The van der Waals surface area contributed by atoms with E-state index < -0.39 is 90.1 Å². The van der Waals surface area contributed by atoms with E-state index in [1.807, 2.05) is 0 Å². The van der Waals surface area contributed by atoms with Crippen LogP contribution < -0.4 is 32.7 Å². The molecule has 0 heterocycles. The average molecular weight is 561 g/mol. The molecular formula is C23H40N6O10. The number of carbonyl (C=O) groups excluding carboxylic acids is 5. The van der Waals surface area contributed by atoms with Crippen LogP contribution >= 0.6 is 0 Å². The molecule has 11 N–H and O–H groups in total. The number of rotatable bonds is 17. The molecule has 39 heavy (non-hydrogen) atoms. The zero-order valence-corrected chi connectivity index (χ0v) is 22.6. The molecule has 6 atom stereocenters. The maximum Gasteiger partial charge on any atom is 0.326 e. The predicted molar refractivity (Wildman–Crippen MR) is 135 cm³/mol. The summed E-state index contributed by atoms with van der Waals surface area (Å²) in [5.74, 6) is -8.52. The fraction of sp³-hybridized carbons (Fsp3) is 0.696. The molecule has 0 spiro atoms. The number of primary amides is 1. The van der Waals surface area contributed by atoms with Gasteiger partial charge in [-0.1, -0.05) is 27.7 Å². The highest BCUT2D eigenvalue weighted by Crippen LogP contribution is 2.07. The number of aliphatic carboxylic acids is 2. The van der Waals surface area contributed by atoms with Crippen molar-refractivity contribution in [1.29, 1.82) is 0 Å². The summed E-state index contributed by atoms with van der Waals surface area (Å²) in [4.78, 5) is 84.9. The van der Waals surface area contributed by atoms with Gasteiger partial charge in [0.05, 0.1) is 18.6 Å². The summed E-state index contributed by atoms with van der Waals surface area (Å²) in [6.07, 6.45) is -3.09. The molecule has 0 aliphatic heterocycles. The first-order chi connectivity index (χ1) is 17.9. The largest absolute Gasteiger partial charge is 0.481 e. The third-order valence-corrected chi connectivity index (χ3v) is 5.64. The predicted octanol–water partition coefficient (Wildman–Crippen LogP) is -3.23. The van der Waals surface area contributed by atoms with Crippen molar-refractivity contribution < 1.29 is 48.9 Å². The number of hydrogen-bond donors (Lipinski definition) is 9. The quantitative estimate of drug-likeness (QED) is 0.0852. The van der Waals surface area contributed by atoms with Crippen LogP contribution in [0.2, 0.25) is 0 Å². The van der Waals surface area contributed by atoms with Gasteiger partial charge >= 0.3 is 11.9 Å². The van der Waals surface area contributed by atoms with Crippen LogP contribution in [0, 0.1) is 11.8 Å². The maximum atomic E-state index is 12.9. The van der Waals surface area contributed by atoms with Crippen LogP contribution in [0.1, 0.15) is 53.9 Å². The van der Waals surface area contributed by atoms with Gasteiger partial charge in [0.25, 0.3) is 0 Å². The monoisotopic (exact) mass is 560 g/mol. The topological polar surface area (TPSA) is 280 Å². The molecule has 0 radical (unpaired) electrons. The molecular weight excluding hydrogens is 520 g/mol. The molecule has 0 rings (SSSR count). The van der Waals surface area contributed by atoms with Crippen LogP contribution in [-0.4, -0.2) is 93.1 Å². The maximum absolute atomic E-state index is 12.9. The zero-order valence-electron chi connectivity index (χ0n) is 22.6. The van der Waals surface area contributed by atoms with Crippen molar-refractivity contribution in [3.63, 3.8) is 0 Å². The van der Waals surface area contributed by atoms with E-state index in [2.05, 4.69) is 21.3 Å². The van der Waals surface area contributed by atoms with E-state index >= 15 is 0 Å². The molecule has 0 saturated carbocycles. The van der Waals surface area contributed by atoms with E-state index in [1.54, 1.807) is 13.8 Å². The molecule has 0 aromatic rings. The third-order valence-electron chi connectivity index (χ3n) is 5.64. The fourth-order valence-electron chi connectivity index (χ4n) is 3.20. The molecule has 0 aliphatic rings. The Hall–Kier alpha value is -3.79. The van der Waals surface area contributed by atoms with Gasteiger partial charge in [0.1, 0.15) is 24.2 Å². The van der Waals surface area contributed by atoms with Crippen LogP contribution in [0.5, 0.6) is 0 Å². The number of hydrogen-bond acceptors (Lipinski definition) is 9. The van der Waals surface area contributed by atoms with Gasteiger partial charge in [0, 0.05) is 6.42 Å². The summed E-state index contributed by atoms with van der Waals surface area (Å²) in [6.45, 7) is 7.47. The van der Waals surface area contributed by atoms with Crippen LogP contribution in [0.4, 0.5) is 0 Å². The Morgan fingerprint density at radius 2 is 1.18 bits per heavy atom. The van der Waals surface area contributed by atoms with Gasteiger partial charge in [0.15, 0.2) is 0 Å². The number of nitrogens with one attached hydrogen (secondary N) is 4. The van der Waals surface area contributed by atoms with E-state index in [4.69, 9.17) is 11.5 Å². The van der Waals surface area contributed by atoms with Crippen molar-refractivity contribution >= 4 is 41.5 Å². The molecule has 0 saturated heterocycles. The summed E-state index contributed by atoms with van der Waals surface area (Å²) in [5, 5.41) is 37.4. The third kappa shape index (κ3) is 12.5. The van der Waals surface area contributed by atoms with Crippen molar-refractivity contribution in [2.24, 2.45) is 23.3 Å². The summed E-state index contributed by atoms with van der Waals surface area (Å²) >= 11 is 0. The number of carbonyl (C=O) groups is 7. The van der Waals surface area contributed by atoms with E-state index in [-0.39, 0.29) is 18.8 Å². The first-order valence-electron chi connectivity index (χ1n) is 12.3. The van der Waals surface area contributed by atoms with Gasteiger partial charge in [-0.05, 0) is 25.2 Å². The van der Waals surface area contributed by atoms with Gasteiger partial charge in [-0.2, -0.15) is 0 Å². The molecule has 0 aromatic carbocycles. The molecule has 222 valence electrons. The highest BCUT2D eigenvalue weighted by Gasteiger charge is 2.35. The highest BCUT2D eigenvalue weighted by molar-refractivity contribution is 5.97. The number of nitrogens with two attached hydrogens (primary N) is 2. The summed E-state index contributed by atoms with van der Waals surface area (Å²) in [7, 11) is 0. The van der Waals surface area contributed by atoms with Gasteiger partial charge in [-0.25, -0.2) is 4.79 Å². The molecule has 16 nitrogen and oxygen atoms in total. The Morgan fingerprint density at radius 3 is 1.59 bits per heavy atom. The lowest BCUT2D eigenvalue weighted by molar-refractivity contribution is -0.144. The van der Waals surface area contributed by atoms with Crippen molar-refractivity contribution in [1.82, 2.24) is 21.3 Å². The van der Waals surface area contributed by atoms with Crippen LogP contribution in [-0.2, 0) is 33.6 Å². The first-order valence-corrected chi connectivity index (χ1v) is 12.3. The molecule has 0 bridgehead atoms. The summed E-state index contributed by atoms with van der Waals surface area (Å²) < 4.78 is 0. The van der Waals surface area contributed by atoms with Crippen molar-refractivity contribution in [2.45, 2.75) is 90.2 Å². The number of carboxylic acids is 2. The standard InChI is InChI=1S/C23H40N6O10/c1-9(2)16(25)21(36)26-12(6-7-14(24)31)19(34)29-18(11(5)30)22(37)27-13(8-15(32)33)20(35)28-17(10(3)4)23(38)39/h9-13,16-18,30H,6-8,25H2,1-5H3,(H2,24,31)(H,26,36)(H,27,37)(H,28,35)(H,29,34)(H,32,33)(H,38,39)/t11-,12+,13+,16+,17+,18+/m1/s1. The number of aliphatic hydroxyl groups excluding tert-OH is 1. The van der Waals surface area contributed by atoms with E-state index in [1.165, 1.54) is 13.8 Å². The van der Waals surface area contributed by atoms with Gasteiger partial charge in [-0.3, -0.25) is 28.8 Å². The second kappa shape index (κ2) is 16.2. The van der Waals surface area contributed by atoms with Gasteiger partial charge in [-0.15, -0.1) is 0 Å². The minimum Gasteiger partial charge on any atom is -0.481 e. The number of aliphatic hydroxyl groups is 1. The van der Waals surface area contributed by atoms with Crippen molar-refractivity contribution in [3.05, 3.63) is 0 Å². The lowest BCUT2D eigenvalue weighted by atomic mass is 10.0. The highest BCUT2D eigenvalue weighted by atomic mass is 16.4. The second-order valence-corrected chi connectivity index (χ2v) is 9.79. The fourth-order valence-corrected chi connectivity index (χ4v) is 3.20. The number of amides is 5. The van der Waals surface area contributed by atoms with E-state index in [9.17, 15) is 48.9 Å². The van der Waals surface area contributed by atoms with Crippen LogP contribution in [0.3, 0.4) is 0 Å². The summed E-state index contributed by atoms with van der Waals surface area (Å²) in [5.41, 5.74) is 10.9. The molecule has 0 fully saturated rings. The van der Waals surface area contributed by atoms with Crippen LogP contribution in [0.15, 0.2) is 0 Å². The van der Waals surface area contributed by atoms with Crippen LogP contribution in [0.25, 0.3) is 0 Å². The lowest BCUT2D eigenvalue weighted by Crippen LogP contribution is -2.61. The van der Waals surface area contributed by atoms with E-state index in [0.717, 1.165) is 6.92 Å². The molecule has 0 aromatic heterocycles. The number of carboxylic acid groups (broad SMARTS) is 2. The van der Waals surface area contributed by atoms with Gasteiger partial charge in [0.2, 0.25) is 29.5 Å². The SMILES string of the molecule is CC(C)[C@H](N)C(=O)N[C@@H](CCC(N)=O)C(=O)N[C@H](C(=O)N[C@@H](CC(=O)O)C(=O)N[C@H](C(=O)O)C(C)C)[C@@H](C)O. The molecule has 16 heteroatoms. The Kier molecular flexibility index (Phi) is 14.7. The first kappa shape index (κ1) is 35.2. The van der Waals surface area contributed by atoms with Gasteiger partial charge < -0.3 is 48.1 Å². The van der Waals surface area contributed by atoms with E-state index in [0.29, 0.717) is 0 Å². The smallest absolute Gasteiger partial charge is 0.326 e. The Morgan fingerprint density at radius 1 is 0.692 bits per heavy atom. The zero-order chi connectivity index (χ0) is 30.6. The normalized spacial score (nSPS) is 15.7. The minimum absolute atomic E-state index is 0.262. The Labute approximate surface area is 225 Å². The Balaban J connectivity index is 5.83. The molecule has 5 amide bonds.